The van der Waals surface area contributed by atoms with Crippen molar-refractivity contribution in [2.75, 3.05) is 0 Å². The summed E-state index contributed by atoms with van der Waals surface area (Å²) in [6.07, 6.45) is 11.6. The summed E-state index contributed by atoms with van der Waals surface area (Å²) < 4.78 is 2.18. The van der Waals surface area contributed by atoms with Crippen LogP contribution < -0.4 is 0 Å². The summed E-state index contributed by atoms with van der Waals surface area (Å²) in [6, 6.07) is 0. The molecular weight excluding hydrogens is 240 g/mol. The Balaban J connectivity index is 2.72. The first-order valence-corrected chi connectivity index (χ1v) is 6.57. The Bertz CT molecular complexity index is 600. The first-order chi connectivity index (χ1) is 8.69. The predicted octanol–water partition coefficient (Wildman–Crippen LogP) is 4.41. The molecule has 0 fully saturated rings. The second kappa shape index (κ2) is 5.19. The number of hydrogen-bond acceptors (Lipinski definition) is 2. The van der Waals surface area contributed by atoms with Crippen molar-refractivity contribution in [1.29, 1.82) is 0 Å². The highest BCUT2D eigenvalue weighted by Crippen LogP contribution is 2.27. The Morgan fingerprint density at radius 3 is 2.28 bits per heavy atom. The lowest BCUT2D eigenvalue weighted by molar-refractivity contribution is 1.16. The number of rotatable bonds is 4. The van der Waals surface area contributed by atoms with Gasteiger partial charge in [0.1, 0.15) is 0 Å². The maximum Gasteiger partial charge on any atom is 0.195 e. The van der Waals surface area contributed by atoms with Crippen molar-refractivity contribution in [3.05, 3.63) is 59.4 Å². The highest BCUT2D eigenvalue weighted by Gasteiger charge is 2.13. The second-order valence-electron chi connectivity index (χ2n) is 3.93. The minimum absolute atomic E-state index is 1.03. The van der Waals surface area contributed by atoms with E-state index in [0.29, 0.717) is 0 Å². The van der Waals surface area contributed by atoms with Gasteiger partial charge in [-0.15, -0.1) is 11.3 Å². The number of allylic oxidation sites excluding steroid dienone is 4. The summed E-state index contributed by atoms with van der Waals surface area (Å²) in [5.41, 5.74) is 3.31. The monoisotopic (exact) mass is 256 g/mol. The van der Waals surface area contributed by atoms with Gasteiger partial charge in [0.05, 0.1) is 17.1 Å². The number of thiazole rings is 1. The molecule has 0 bridgehead atoms. The van der Waals surface area contributed by atoms with Gasteiger partial charge in [0.2, 0.25) is 0 Å². The van der Waals surface area contributed by atoms with Crippen LogP contribution in [0.3, 0.4) is 0 Å². The fourth-order valence-electron chi connectivity index (χ4n) is 1.87. The van der Waals surface area contributed by atoms with Gasteiger partial charge in [-0.1, -0.05) is 37.5 Å². The fraction of sp³-hybridized carbons (Fsp3) is 0.133. The molecule has 18 heavy (non-hydrogen) atoms. The smallest absolute Gasteiger partial charge is 0.195 e. The molecule has 0 aliphatic heterocycles. The number of hydrogen-bond donors (Lipinski definition) is 0. The topological polar surface area (TPSA) is 17.3 Å². The SMILES string of the molecule is C=C/C=C\c1c(C)nc2sc(C)c(/C=C\C=C)n12. The van der Waals surface area contributed by atoms with Gasteiger partial charge in [-0.2, -0.15) is 0 Å². The molecule has 3 heteroatoms. The van der Waals surface area contributed by atoms with E-state index in [0.717, 1.165) is 16.3 Å². The van der Waals surface area contributed by atoms with Crippen LogP contribution in [0.4, 0.5) is 0 Å². The molecule has 0 amide bonds. The molecule has 0 atom stereocenters. The Kier molecular flexibility index (Phi) is 3.63. The molecule has 0 aliphatic rings. The van der Waals surface area contributed by atoms with E-state index in [1.54, 1.807) is 23.5 Å². The summed E-state index contributed by atoms with van der Waals surface area (Å²) in [6.45, 7) is 11.6. The van der Waals surface area contributed by atoms with Gasteiger partial charge < -0.3 is 0 Å². The maximum absolute atomic E-state index is 4.59. The van der Waals surface area contributed by atoms with Gasteiger partial charge in [-0.3, -0.25) is 4.40 Å². The standard InChI is InChI=1S/C15H16N2S/c1-5-7-9-13-11(3)16-15-17(13)14(10-8-6-2)12(4)18-15/h5-10H,1-2H2,3-4H3/b9-7-,10-8-. The normalized spacial score (nSPS) is 11.9. The Hall–Kier alpha value is -1.87. The fourth-order valence-corrected chi connectivity index (χ4v) is 2.88. The summed E-state index contributed by atoms with van der Waals surface area (Å²) in [4.78, 5) is 6.87. The van der Waals surface area contributed by atoms with Crippen LogP contribution in [-0.2, 0) is 0 Å². The van der Waals surface area contributed by atoms with E-state index in [4.69, 9.17) is 0 Å². The van der Waals surface area contributed by atoms with Crippen molar-refractivity contribution in [3.8, 4) is 0 Å². The maximum atomic E-state index is 4.59. The molecule has 2 nitrogen and oxygen atoms in total. The quantitative estimate of drug-likeness (QED) is 0.741. The summed E-state index contributed by atoms with van der Waals surface area (Å²) >= 11 is 1.70. The third-order valence-corrected chi connectivity index (χ3v) is 3.66. The van der Waals surface area contributed by atoms with Gasteiger partial charge in [0, 0.05) is 4.88 Å². The third-order valence-electron chi connectivity index (χ3n) is 2.69. The molecule has 92 valence electrons. The van der Waals surface area contributed by atoms with Gasteiger partial charge in [-0.05, 0) is 26.0 Å². The van der Waals surface area contributed by atoms with Crippen molar-refractivity contribution in [1.82, 2.24) is 9.38 Å². The van der Waals surface area contributed by atoms with E-state index >= 15 is 0 Å². The average Bonchev–Trinajstić information content (AvgIpc) is 2.79. The van der Waals surface area contributed by atoms with Crippen LogP contribution in [-0.4, -0.2) is 9.38 Å². The minimum atomic E-state index is 1.03. The molecule has 0 radical (unpaired) electrons. The number of aryl methyl sites for hydroxylation is 2. The van der Waals surface area contributed by atoms with E-state index in [1.807, 2.05) is 25.2 Å². The Labute approximate surface area is 111 Å². The lowest BCUT2D eigenvalue weighted by atomic mass is 10.3. The highest BCUT2D eigenvalue weighted by atomic mass is 32.1. The van der Waals surface area contributed by atoms with Gasteiger partial charge in [0.15, 0.2) is 4.96 Å². The molecule has 0 saturated heterocycles. The van der Waals surface area contributed by atoms with Crippen LogP contribution in [0.1, 0.15) is 22.0 Å². The number of nitrogens with zero attached hydrogens (tertiary/aromatic N) is 2. The number of aromatic nitrogens is 2. The molecule has 0 spiro atoms. The summed E-state index contributed by atoms with van der Waals surface area (Å²) in [5, 5.41) is 0. The zero-order valence-electron chi connectivity index (χ0n) is 10.7. The zero-order chi connectivity index (χ0) is 13.1. The molecule has 2 aromatic rings. The largest absolute Gasteiger partial charge is 0.284 e. The highest BCUT2D eigenvalue weighted by molar-refractivity contribution is 7.17. The minimum Gasteiger partial charge on any atom is -0.284 e. The van der Waals surface area contributed by atoms with Crippen molar-refractivity contribution in [2.24, 2.45) is 0 Å². The Morgan fingerprint density at radius 1 is 1.06 bits per heavy atom. The van der Waals surface area contributed by atoms with E-state index in [9.17, 15) is 0 Å². The molecular formula is C15H16N2S. The van der Waals surface area contributed by atoms with E-state index in [-0.39, 0.29) is 0 Å². The van der Waals surface area contributed by atoms with Crippen LogP contribution in [0, 0.1) is 13.8 Å². The van der Waals surface area contributed by atoms with Crippen LogP contribution in [0.5, 0.6) is 0 Å². The van der Waals surface area contributed by atoms with Gasteiger partial charge in [0.25, 0.3) is 0 Å². The zero-order valence-corrected chi connectivity index (χ0v) is 11.5. The number of fused-ring (bicyclic) bond motifs is 1. The molecule has 0 N–H and O–H groups in total. The summed E-state index contributed by atoms with van der Waals surface area (Å²) in [5.74, 6) is 0. The molecule has 0 aliphatic carbocycles. The van der Waals surface area contributed by atoms with E-state index in [2.05, 4.69) is 35.5 Å². The van der Waals surface area contributed by atoms with Crippen LogP contribution in [0.2, 0.25) is 0 Å². The van der Waals surface area contributed by atoms with Gasteiger partial charge >= 0.3 is 0 Å². The molecule has 2 aromatic heterocycles. The van der Waals surface area contributed by atoms with Gasteiger partial charge in [-0.25, -0.2) is 4.98 Å². The summed E-state index contributed by atoms with van der Waals surface area (Å²) in [7, 11) is 0. The lowest BCUT2D eigenvalue weighted by Gasteiger charge is -1.98. The van der Waals surface area contributed by atoms with Crippen molar-refractivity contribution in [3.63, 3.8) is 0 Å². The molecule has 0 unspecified atom stereocenters. The lowest BCUT2D eigenvalue weighted by Crippen LogP contribution is -1.90. The van der Waals surface area contributed by atoms with Crippen LogP contribution >= 0.6 is 11.3 Å². The second-order valence-corrected chi connectivity index (χ2v) is 5.12. The van der Waals surface area contributed by atoms with E-state index in [1.165, 1.54) is 10.6 Å². The first kappa shape index (κ1) is 12.6. The first-order valence-electron chi connectivity index (χ1n) is 5.75. The predicted molar refractivity (Wildman–Crippen MR) is 81.0 cm³/mol. The van der Waals surface area contributed by atoms with Crippen LogP contribution in [0.25, 0.3) is 17.1 Å². The number of imidazole rings is 1. The van der Waals surface area contributed by atoms with Crippen LogP contribution in [0.15, 0.2) is 37.5 Å². The Morgan fingerprint density at radius 2 is 1.67 bits per heavy atom. The molecule has 0 aromatic carbocycles. The van der Waals surface area contributed by atoms with E-state index < -0.39 is 0 Å². The van der Waals surface area contributed by atoms with Crippen molar-refractivity contribution < 1.29 is 0 Å². The third kappa shape index (κ3) is 2.09. The van der Waals surface area contributed by atoms with Crippen molar-refractivity contribution in [2.45, 2.75) is 13.8 Å². The average molecular weight is 256 g/mol. The molecule has 2 heterocycles. The van der Waals surface area contributed by atoms with Crippen molar-refractivity contribution >= 4 is 28.4 Å². The molecule has 2 rings (SSSR count). The molecule has 0 saturated carbocycles.